The minimum Gasteiger partial charge on any atom is -0.372 e. The third-order valence-electron chi connectivity index (χ3n) is 5.58. The maximum atomic E-state index is 6.30. The molecule has 5 heteroatoms. The number of morpholine rings is 1. The maximum absolute atomic E-state index is 6.30. The van der Waals surface area contributed by atoms with Gasteiger partial charge in [-0.25, -0.2) is 0 Å². The standard InChI is InChI=1S/C18H27N3OS/c1-2-7-19-16(3-1)13-20-8-5-18(6-9-20)15-21(10-11-22-18)17-4-12-23-14-17/h1-3,7,17H,4-6,8-15H2. The van der Waals surface area contributed by atoms with Gasteiger partial charge in [-0.05, 0) is 37.1 Å². The first-order valence-corrected chi connectivity index (χ1v) is 10.1. The van der Waals surface area contributed by atoms with Gasteiger partial charge in [0, 0.05) is 50.7 Å². The van der Waals surface area contributed by atoms with E-state index in [1.54, 1.807) is 0 Å². The molecule has 4 rings (SSSR count). The number of thioether (sulfide) groups is 1. The number of piperidine rings is 1. The molecule has 0 saturated carbocycles. The van der Waals surface area contributed by atoms with Gasteiger partial charge in [0.1, 0.15) is 0 Å². The number of hydrogen-bond donors (Lipinski definition) is 0. The molecular formula is C18H27N3OS. The zero-order chi connectivity index (χ0) is 15.5. The molecule has 0 aromatic carbocycles. The zero-order valence-corrected chi connectivity index (χ0v) is 14.6. The van der Waals surface area contributed by atoms with E-state index in [1.165, 1.54) is 23.6 Å². The first-order chi connectivity index (χ1) is 11.3. The Balaban J connectivity index is 1.32. The van der Waals surface area contributed by atoms with Crippen molar-refractivity contribution in [2.45, 2.75) is 37.5 Å². The molecule has 0 bridgehead atoms. The van der Waals surface area contributed by atoms with Gasteiger partial charge < -0.3 is 4.74 Å². The van der Waals surface area contributed by atoms with Crippen molar-refractivity contribution >= 4 is 11.8 Å². The molecule has 3 aliphatic heterocycles. The summed E-state index contributed by atoms with van der Waals surface area (Å²) in [5.41, 5.74) is 1.30. The van der Waals surface area contributed by atoms with Gasteiger partial charge in [-0.3, -0.25) is 14.8 Å². The molecule has 1 aromatic rings. The quantitative estimate of drug-likeness (QED) is 0.846. The highest BCUT2D eigenvalue weighted by atomic mass is 32.2. The van der Waals surface area contributed by atoms with Gasteiger partial charge >= 0.3 is 0 Å². The molecular weight excluding hydrogens is 306 g/mol. The highest BCUT2D eigenvalue weighted by molar-refractivity contribution is 7.99. The molecule has 1 unspecified atom stereocenters. The Hall–Kier alpha value is -0.620. The summed E-state index contributed by atoms with van der Waals surface area (Å²) in [5, 5.41) is 0. The summed E-state index contributed by atoms with van der Waals surface area (Å²) in [6.07, 6.45) is 5.58. The average Bonchev–Trinajstić information content (AvgIpc) is 3.13. The number of likely N-dealkylation sites (tertiary alicyclic amines) is 1. The van der Waals surface area contributed by atoms with Crippen LogP contribution < -0.4 is 0 Å². The van der Waals surface area contributed by atoms with E-state index >= 15 is 0 Å². The summed E-state index contributed by atoms with van der Waals surface area (Å²) in [4.78, 5) is 9.71. The first-order valence-electron chi connectivity index (χ1n) is 8.91. The Morgan fingerprint density at radius 3 is 2.91 bits per heavy atom. The summed E-state index contributed by atoms with van der Waals surface area (Å²) >= 11 is 2.11. The van der Waals surface area contributed by atoms with Crippen molar-refractivity contribution in [2.24, 2.45) is 0 Å². The van der Waals surface area contributed by atoms with E-state index < -0.39 is 0 Å². The predicted molar refractivity (Wildman–Crippen MR) is 94.7 cm³/mol. The van der Waals surface area contributed by atoms with Crippen LogP contribution in [0.1, 0.15) is 25.0 Å². The lowest BCUT2D eigenvalue weighted by Gasteiger charge is -2.48. The Morgan fingerprint density at radius 2 is 2.17 bits per heavy atom. The van der Waals surface area contributed by atoms with E-state index in [-0.39, 0.29) is 5.60 Å². The third-order valence-corrected chi connectivity index (χ3v) is 6.72. The summed E-state index contributed by atoms with van der Waals surface area (Å²) < 4.78 is 6.30. The van der Waals surface area contributed by atoms with Crippen LogP contribution in [-0.2, 0) is 11.3 Å². The van der Waals surface area contributed by atoms with Gasteiger partial charge in [0.05, 0.1) is 17.9 Å². The van der Waals surface area contributed by atoms with E-state index in [4.69, 9.17) is 4.74 Å². The van der Waals surface area contributed by atoms with Gasteiger partial charge in [-0.2, -0.15) is 11.8 Å². The number of ether oxygens (including phenoxy) is 1. The molecule has 3 saturated heterocycles. The smallest absolute Gasteiger partial charge is 0.0833 e. The van der Waals surface area contributed by atoms with Crippen LogP contribution in [0.25, 0.3) is 0 Å². The Kier molecular flexibility index (Phi) is 4.90. The van der Waals surface area contributed by atoms with Gasteiger partial charge in [0.25, 0.3) is 0 Å². The molecule has 4 heterocycles. The van der Waals surface area contributed by atoms with Crippen LogP contribution in [-0.4, -0.2) is 70.7 Å². The van der Waals surface area contributed by atoms with Crippen molar-refractivity contribution in [3.8, 4) is 0 Å². The first kappa shape index (κ1) is 15.9. The minimum absolute atomic E-state index is 0.117. The van der Waals surface area contributed by atoms with E-state index in [9.17, 15) is 0 Å². The molecule has 4 nitrogen and oxygen atoms in total. The van der Waals surface area contributed by atoms with E-state index in [0.717, 1.165) is 58.2 Å². The minimum atomic E-state index is 0.117. The van der Waals surface area contributed by atoms with Gasteiger partial charge in [0.2, 0.25) is 0 Å². The number of pyridine rings is 1. The second kappa shape index (κ2) is 7.09. The van der Waals surface area contributed by atoms with Crippen molar-refractivity contribution in [3.63, 3.8) is 0 Å². The average molecular weight is 334 g/mol. The lowest BCUT2D eigenvalue weighted by molar-refractivity contribution is -0.142. The van der Waals surface area contributed by atoms with Crippen LogP contribution in [0.15, 0.2) is 24.4 Å². The second-order valence-corrected chi connectivity index (χ2v) is 8.27. The van der Waals surface area contributed by atoms with Crippen molar-refractivity contribution in [1.29, 1.82) is 0 Å². The topological polar surface area (TPSA) is 28.6 Å². The second-order valence-electron chi connectivity index (χ2n) is 7.12. The SMILES string of the molecule is c1ccc(CN2CCC3(CC2)CN(C2CCSC2)CCO3)nc1. The lowest BCUT2D eigenvalue weighted by Crippen LogP contribution is -2.58. The molecule has 0 radical (unpaired) electrons. The number of nitrogens with zero attached hydrogens (tertiary/aromatic N) is 3. The van der Waals surface area contributed by atoms with Crippen LogP contribution in [0.3, 0.4) is 0 Å². The fourth-order valence-corrected chi connectivity index (χ4v) is 5.39. The molecule has 0 amide bonds. The van der Waals surface area contributed by atoms with Crippen LogP contribution in [0.5, 0.6) is 0 Å². The zero-order valence-electron chi connectivity index (χ0n) is 13.8. The number of rotatable bonds is 3. The lowest BCUT2D eigenvalue weighted by atomic mass is 9.88. The fourth-order valence-electron chi connectivity index (χ4n) is 4.14. The highest BCUT2D eigenvalue weighted by Gasteiger charge is 2.41. The molecule has 3 aliphatic rings. The molecule has 23 heavy (non-hydrogen) atoms. The monoisotopic (exact) mass is 333 g/mol. The molecule has 1 spiro atoms. The summed E-state index contributed by atoms with van der Waals surface area (Å²) in [5.74, 6) is 2.66. The molecule has 1 atom stereocenters. The molecule has 0 N–H and O–H groups in total. The summed E-state index contributed by atoms with van der Waals surface area (Å²) in [6, 6.07) is 6.99. The summed E-state index contributed by atoms with van der Waals surface area (Å²) in [7, 11) is 0. The van der Waals surface area contributed by atoms with Crippen molar-refractivity contribution in [3.05, 3.63) is 30.1 Å². The molecule has 1 aromatic heterocycles. The number of hydrogen-bond acceptors (Lipinski definition) is 5. The Morgan fingerprint density at radius 1 is 1.26 bits per heavy atom. The Labute approximate surface area is 143 Å². The molecule has 3 fully saturated rings. The fraction of sp³-hybridized carbons (Fsp3) is 0.722. The normalized spacial score (nSPS) is 29.1. The molecule has 126 valence electrons. The highest BCUT2D eigenvalue weighted by Crippen LogP contribution is 2.33. The van der Waals surface area contributed by atoms with E-state index in [2.05, 4.69) is 38.7 Å². The van der Waals surface area contributed by atoms with E-state index in [0.29, 0.717) is 0 Å². The van der Waals surface area contributed by atoms with Gasteiger partial charge in [-0.1, -0.05) is 6.07 Å². The van der Waals surface area contributed by atoms with Crippen LogP contribution in [0, 0.1) is 0 Å². The largest absolute Gasteiger partial charge is 0.372 e. The van der Waals surface area contributed by atoms with Gasteiger partial charge in [0.15, 0.2) is 0 Å². The van der Waals surface area contributed by atoms with Crippen LogP contribution in [0.4, 0.5) is 0 Å². The van der Waals surface area contributed by atoms with Crippen molar-refractivity contribution < 1.29 is 4.74 Å². The van der Waals surface area contributed by atoms with E-state index in [1.807, 2.05) is 12.3 Å². The van der Waals surface area contributed by atoms with Gasteiger partial charge in [-0.15, -0.1) is 0 Å². The Bertz CT molecular complexity index is 498. The number of aromatic nitrogens is 1. The maximum Gasteiger partial charge on any atom is 0.0833 e. The predicted octanol–water partition coefficient (Wildman–Crippen LogP) is 2.25. The van der Waals surface area contributed by atoms with Crippen LogP contribution in [0.2, 0.25) is 0 Å². The van der Waals surface area contributed by atoms with Crippen molar-refractivity contribution in [2.75, 3.05) is 44.3 Å². The van der Waals surface area contributed by atoms with Crippen molar-refractivity contribution in [1.82, 2.24) is 14.8 Å². The summed E-state index contributed by atoms with van der Waals surface area (Å²) in [6.45, 7) is 6.43. The third kappa shape index (κ3) is 3.73. The molecule has 0 aliphatic carbocycles. The van der Waals surface area contributed by atoms with Crippen LogP contribution >= 0.6 is 11.8 Å².